The van der Waals surface area contributed by atoms with E-state index in [0.29, 0.717) is 20.9 Å². The molecule has 0 aliphatic rings. The second kappa shape index (κ2) is 5.13. The molecule has 1 aromatic heterocycles. The molecule has 20 heavy (non-hydrogen) atoms. The summed E-state index contributed by atoms with van der Waals surface area (Å²) >= 11 is 13.6. The van der Waals surface area contributed by atoms with Crippen LogP contribution in [-0.2, 0) is 0 Å². The molecule has 0 radical (unpaired) electrons. The molecule has 0 bridgehead atoms. The van der Waals surface area contributed by atoms with Crippen molar-refractivity contribution in [1.29, 1.82) is 0 Å². The first-order valence-corrected chi connectivity index (χ1v) is 7.70. The van der Waals surface area contributed by atoms with Gasteiger partial charge in [0.25, 0.3) is 0 Å². The van der Waals surface area contributed by atoms with Crippen molar-refractivity contribution >= 4 is 57.4 Å². The zero-order chi connectivity index (χ0) is 14.4. The maximum absolute atomic E-state index is 13.6. The molecule has 0 spiro atoms. The lowest BCUT2D eigenvalue weighted by Crippen LogP contribution is -1.97. The van der Waals surface area contributed by atoms with E-state index in [1.807, 2.05) is 22.8 Å². The first-order chi connectivity index (χ1) is 9.47. The van der Waals surface area contributed by atoms with Gasteiger partial charge in [-0.05, 0) is 77.6 Å². The van der Waals surface area contributed by atoms with Gasteiger partial charge in [0.05, 0.1) is 16.7 Å². The quantitative estimate of drug-likeness (QED) is 0.415. The van der Waals surface area contributed by atoms with Crippen molar-refractivity contribution in [2.45, 2.75) is 6.92 Å². The smallest absolute Gasteiger partial charge is 0.182 e. The highest BCUT2D eigenvalue weighted by atomic mass is 127. The third-order valence-corrected chi connectivity index (χ3v) is 4.50. The normalized spacial score (nSPS) is 11.2. The van der Waals surface area contributed by atoms with Gasteiger partial charge >= 0.3 is 0 Å². The van der Waals surface area contributed by atoms with Crippen molar-refractivity contribution in [3.8, 4) is 5.69 Å². The molecule has 0 amide bonds. The van der Waals surface area contributed by atoms with E-state index in [1.54, 1.807) is 13.0 Å². The summed E-state index contributed by atoms with van der Waals surface area (Å²) in [6, 6.07) is 8.86. The summed E-state index contributed by atoms with van der Waals surface area (Å²) in [5.41, 5.74) is 3.06. The van der Waals surface area contributed by atoms with Crippen LogP contribution in [0.4, 0.5) is 4.39 Å². The van der Waals surface area contributed by atoms with Gasteiger partial charge in [0.15, 0.2) is 4.77 Å². The number of rotatable bonds is 1. The van der Waals surface area contributed by atoms with Gasteiger partial charge < -0.3 is 4.98 Å². The molecule has 3 aromatic rings. The average Bonchev–Trinajstić information content (AvgIpc) is 2.66. The molecule has 102 valence electrons. The number of fused-ring (bicyclic) bond motifs is 1. The summed E-state index contributed by atoms with van der Waals surface area (Å²) in [6.07, 6.45) is 0. The van der Waals surface area contributed by atoms with Crippen molar-refractivity contribution in [2.24, 2.45) is 0 Å². The van der Waals surface area contributed by atoms with Gasteiger partial charge in [-0.3, -0.25) is 4.57 Å². The van der Waals surface area contributed by atoms with Crippen LogP contribution < -0.4 is 0 Å². The predicted octanol–water partition coefficient (Wildman–Crippen LogP) is 5.39. The zero-order valence-electron chi connectivity index (χ0n) is 10.4. The number of nitrogens with one attached hydrogen (secondary N) is 1. The van der Waals surface area contributed by atoms with Crippen LogP contribution in [0.5, 0.6) is 0 Å². The lowest BCUT2D eigenvalue weighted by atomic mass is 10.2. The Morgan fingerprint density at radius 2 is 2.05 bits per heavy atom. The first kappa shape index (κ1) is 14.0. The number of halogens is 3. The van der Waals surface area contributed by atoms with E-state index in [2.05, 4.69) is 27.6 Å². The number of aryl methyl sites for hydroxylation is 1. The van der Waals surface area contributed by atoms with Gasteiger partial charge in [-0.25, -0.2) is 4.39 Å². The van der Waals surface area contributed by atoms with Crippen LogP contribution in [0.15, 0.2) is 30.3 Å². The number of hydrogen-bond donors (Lipinski definition) is 1. The molecule has 2 aromatic carbocycles. The molecule has 2 nitrogen and oxygen atoms in total. The van der Waals surface area contributed by atoms with Gasteiger partial charge in [-0.15, -0.1) is 0 Å². The van der Waals surface area contributed by atoms with Crippen LogP contribution in [0.2, 0.25) is 5.02 Å². The third kappa shape index (κ3) is 2.27. The van der Waals surface area contributed by atoms with Crippen LogP contribution in [0, 0.1) is 21.1 Å². The molecule has 0 unspecified atom stereocenters. The van der Waals surface area contributed by atoms with Gasteiger partial charge in [0.1, 0.15) is 5.82 Å². The molecule has 0 aliphatic heterocycles. The van der Waals surface area contributed by atoms with Crippen LogP contribution in [0.1, 0.15) is 5.56 Å². The molecule has 6 heteroatoms. The lowest BCUT2D eigenvalue weighted by Gasteiger charge is -2.08. The van der Waals surface area contributed by atoms with E-state index in [9.17, 15) is 4.39 Å². The minimum atomic E-state index is -0.244. The monoisotopic (exact) mass is 418 g/mol. The minimum Gasteiger partial charge on any atom is -0.330 e. The van der Waals surface area contributed by atoms with Crippen molar-refractivity contribution in [1.82, 2.24) is 9.55 Å². The summed E-state index contributed by atoms with van der Waals surface area (Å²) in [4.78, 5) is 3.04. The molecule has 0 atom stereocenters. The number of imidazole rings is 1. The Kier molecular flexibility index (Phi) is 3.60. The number of benzene rings is 2. The highest BCUT2D eigenvalue weighted by molar-refractivity contribution is 14.1. The van der Waals surface area contributed by atoms with Gasteiger partial charge in [0, 0.05) is 8.59 Å². The molecule has 0 saturated carbocycles. The van der Waals surface area contributed by atoms with Gasteiger partial charge in [0.2, 0.25) is 0 Å². The maximum atomic E-state index is 13.6. The summed E-state index contributed by atoms with van der Waals surface area (Å²) in [6.45, 7) is 1.74. The van der Waals surface area contributed by atoms with Gasteiger partial charge in [-0.2, -0.15) is 0 Å². The third-order valence-electron chi connectivity index (χ3n) is 3.11. The number of H-pyrrole nitrogens is 1. The highest BCUT2D eigenvalue weighted by Crippen LogP contribution is 2.27. The van der Waals surface area contributed by atoms with E-state index in [0.717, 1.165) is 14.8 Å². The summed E-state index contributed by atoms with van der Waals surface area (Å²) in [5.74, 6) is -0.244. The molecule has 1 N–H and O–H groups in total. The Labute approximate surface area is 138 Å². The second-order valence-electron chi connectivity index (χ2n) is 4.48. The highest BCUT2D eigenvalue weighted by Gasteiger charge is 2.12. The largest absolute Gasteiger partial charge is 0.330 e. The summed E-state index contributed by atoms with van der Waals surface area (Å²) in [5, 5.41) is 0.673. The van der Waals surface area contributed by atoms with Crippen LogP contribution in [0.3, 0.4) is 0 Å². The minimum absolute atomic E-state index is 0.244. The molecule has 1 heterocycles. The topological polar surface area (TPSA) is 20.7 Å². The lowest BCUT2D eigenvalue weighted by molar-refractivity contribution is 0.620. The summed E-state index contributed by atoms with van der Waals surface area (Å²) < 4.78 is 17.1. The van der Waals surface area contributed by atoms with Crippen LogP contribution in [-0.4, -0.2) is 9.55 Å². The van der Waals surface area contributed by atoms with Crippen molar-refractivity contribution in [3.05, 3.63) is 55.1 Å². The summed E-state index contributed by atoms with van der Waals surface area (Å²) in [7, 11) is 0. The molecule has 3 rings (SSSR count). The van der Waals surface area contributed by atoms with E-state index in [4.69, 9.17) is 23.8 Å². The molecule has 0 fully saturated rings. The van der Waals surface area contributed by atoms with Crippen LogP contribution >= 0.6 is 46.4 Å². The standard InChI is InChI=1S/C14H9ClFIN2S/c1-7-4-13-11(6-9(7)16)18-14(20)19(13)12-3-2-8(15)5-10(12)17/h2-6H,1H3,(H,18,20). The Balaban J connectivity index is 2.39. The van der Waals surface area contributed by atoms with E-state index in [1.165, 1.54) is 6.07 Å². The first-order valence-electron chi connectivity index (χ1n) is 5.83. The molecule has 0 saturated heterocycles. The fraction of sp³-hybridized carbons (Fsp3) is 0.0714. The second-order valence-corrected chi connectivity index (χ2v) is 6.47. The predicted molar refractivity (Wildman–Crippen MR) is 90.9 cm³/mol. The maximum Gasteiger partial charge on any atom is 0.182 e. The SMILES string of the molecule is Cc1cc2c(cc1F)[nH]c(=S)n2-c1ccc(Cl)cc1I. The van der Waals surface area contributed by atoms with Crippen molar-refractivity contribution in [2.75, 3.05) is 0 Å². The van der Waals surface area contributed by atoms with Gasteiger partial charge in [-0.1, -0.05) is 11.6 Å². The fourth-order valence-corrected chi connectivity index (χ4v) is 3.55. The molecule has 0 aliphatic carbocycles. The number of aromatic amines is 1. The van der Waals surface area contributed by atoms with Crippen LogP contribution in [0.25, 0.3) is 16.7 Å². The number of hydrogen-bond acceptors (Lipinski definition) is 1. The molecular formula is C14H9ClFIN2S. The number of nitrogens with zero attached hydrogens (tertiary/aromatic N) is 1. The fourth-order valence-electron chi connectivity index (χ4n) is 2.13. The van der Waals surface area contributed by atoms with E-state index < -0.39 is 0 Å². The number of aromatic nitrogens is 2. The molecular weight excluding hydrogens is 410 g/mol. The Morgan fingerprint density at radius 3 is 2.75 bits per heavy atom. The Hall–Kier alpha value is -0.920. The zero-order valence-corrected chi connectivity index (χ0v) is 14.1. The Morgan fingerprint density at radius 1 is 1.30 bits per heavy atom. The van der Waals surface area contributed by atoms with E-state index in [-0.39, 0.29) is 5.82 Å². The van der Waals surface area contributed by atoms with E-state index >= 15 is 0 Å². The van der Waals surface area contributed by atoms with Crippen molar-refractivity contribution < 1.29 is 4.39 Å². The Bertz CT molecular complexity index is 885. The average molecular weight is 419 g/mol. The van der Waals surface area contributed by atoms with Crippen molar-refractivity contribution in [3.63, 3.8) is 0 Å².